The summed E-state index contributed by atoms with van der Waals surface area (Å²) in [6.45, 7) is 5.75. The van der Waals surface area contributed by atoms with Crippen LogP contribution in [0.15, 0.2) is 24.5 Å². The number of rotatable bonds is 1. The first-order valence-electron chi connectivity index (χ1n) is 5.26. The van der Waals surface area contributed by atoms with E-state index >= 15 is 0 Å². The molecule has 2 rings (SSSR count). The summed E-state index contributed by atoms with van der Waals surface area (Å²) in [5.74, 6) is -1.07. The van der Waals surface area contributed by atoms with Crippen molar-refractivity contribution in [2.75, 3.05) is 0 Å². The summed E-state index contributed by atoms with van der Waals surface area (Å²) in [4.78, 5) is 0. The Kier molecular flexibility index (Phi) is 2.69. The van der Waals surface area contributed by atoms with Gasteiger partial charge < -0.3 is 4.57 Å². The normalized spacial score (nSPS) is 11.8. The fourth-order valence-electron chi connectivity index (χ4n) is 1.61. The Bertz CT molecular complexity index is 521. The van der Waals surface area contributed by atoms with E-state index in [0.29, 0.717) is 0 Å². The van der Waals surface area contributed by atoms with Gasteiger partial charge in [0.2, 0.25) is 0 Å². The molecule has 0 spiro atoms. The second-order valence-electron chi connectivity index (χ2n) is 4.79. The van der Waals surface area contributed by atoms with Gasteiger partial charge in [0.25, 0.3) is 0 Å². The van der Waals surface area contributed by atoms with Crippen LogP contribution >= 0.6 is 0 Å². The van der Waals surface area contributed by atoms with E-state index in [1.54, 1.807) is 4.57 Å². The highest BCUT2D eigenvalue weighted by Crippen LogP contribution is 2.27. The van der Waals surface area contributed by atoms with Crippen molar-refractivity contribution < 1.29 is 8.78 Å². The first-order valence-corrected chi connectivity index (χ1v) is 5.26. The molecule has 0 aliphatic heterocycles. The molecule has 1 heterocycles. The van der Waals surface area contributed by atoms with Crippen molar-refractivity contribution in [2.24, 2.45) is 0 Å². The Balaban J connectivity index is 2.66. The van der Waals surface area contributed by atoms with Crippen molar-refractivity contribution in [3.8, 4) is 11.4 Å². The lowest BCUT2D eigenvalue weighted by Gasteiger charge is -2.22. The Morgan fingerprint density at radius 1 is 1.12 bits per heavy atom. The Labute approximate surface area is 98.1 Å². The van der Waals surface area contributed by atoms with Crippen molar-refractivity contribution in [1.82, 2.24) is 14.8 Å². The van der Waals surface area contributed by atoms with Gasteiger partial charge in [0.1, 0.15) is 18.0 Å². The van der Waals surface area contributed by atoms with Crippen molar-refractivity contribution in [2.45, 2.75) is 26.3 Å². The monoisotopic (exact) mass is 237 g/mol. The summed E-state index contributed by atoms with van der Waals surface area (Å²) in [7, 11) is 0. The average Bonchev–Trinajstić information content (AvgIpc) is 2.65. The van der Waals surface area contributed by atoms with E-state index in [0.717, 1.165) is 0 Å². The third-order valence-electron chi connectivity index (χ3n) is 2.46. The topological polar surface area (TPSA) is 30.7 Å². The molecule has 0 aliphatic rings. The van der Waals surface area contributed by atoms with E-state index in [2.05, 4.69) is 10.2 Å². The van der Waals surface area contributed by atoms with Crippen molar-refractivity contribution in [1.29, 1.82) is 0 Å². The minimum Gasteiger partial charge on any atom is -0.308 e. The van der Waals surface area contributed by atoms with Crippen LogP contribution in [0, 0.1) is 11.6 Å². The molecule has 0 atom stereocenters. The van der Waals surface area contributed by atoms with E-state index in [1.807, 2.05) is 20.8 Å². The molecule has 0 aliphatic carbocycles. The fraction of sp³-hybridized carbons (Fsp3) is 0.333. The summed E-state index contributed by atoms with van der Waals surface area (Å²) in [5.41, 5.74) is -0.479. The molecular weight excluding hydrogens is 224 g/mol. The summed E-state index contributed by atoms with van der Waals surface area (Å²) in [6, 6.07) is 3.74. The average molecular weight is 237 g/mol. The van der Waals surface area contributed by atoms with Gasteiger partial charge in [-0.3, -0.25) is 0 Å². The van der Waals surface area contributed by atoms with Gasteiger partial charge in [-0.1, -0.05) is 6.07 Å². The standard InChI is InChI=1S/C12H13F2N3/c1-12(2,3)17-7-15-16-11(17)10-8(13)5-4-6-9(10)14/h4-7H,1-3H3. The van der Waals surface area contributed by atoms with E-state index < -0.39 is 11.6 Å². The van der Waals surface area contributed by atoms with Crippen LogP contribution in [-0.2, 0) is 5.54 Å². The number of benzene rings is 1. The summed E-state index contributed by atoms with van der Waals surface area (Å²) >= 11 is 0. The molecule has 90 valence electrons. The molecule has 5 heteroatoms. The van der Waals surface area contributed by atoms with Crippen LogP contribution in [0.2, 0.25) is 0 Å². The van der Waals surface area contributed by atoms with E-state index in [1.165, 1.54) is 24.5 Å². The predicted molar refractivity (Wildman–Crippen MR) is 60.4 cm³/mol. The maximum Gasteiger partial charge on any atom is 0.170 e. The van der Waals surface area contributed by atoms with Crippen molar-refractivity contribution in [3.05, 3.63) is 36.2 Å². The van der Waals surface area contributed by atoms with Gasteiger partial charge in [-0.15, -0.1) is 10.2 Å². The van der Waals surface area contributed by atoms with Gasteiger partial charge in [-0.2, -0.15) is 0 Å². The smallest absolute Gasteiger partial charge is 0.170 e. The molecule has 17 heavy (non-hydrogen) atoms. The largest absolute Gasteiger partial charge is 0.308 e. The van der Waals surface area contributed by atoms with Crippen LogP contribution in [0.5, 0.6) is 0 Å². The van der Waals surface area contributed by atoms with Crippen LogP contribution in [0.3, 0.4) is 0 Å². The van der Waals surface area contributed by atoms with Gasteiger partial charge in [0.05, 0.1) is 5.56 Å². The maximum atomic E-state index is 13.7. The van der Waals surface area contributed by atoms with Crippen LogP contribution in [0.1, 0.15) is 20.8 Å². The molecule has 0 N–H and O–H groups in total. The minimum absolute atomic E-state index is 0.139. The number of hydrogen-bond donors (Lipinski definition) is 0. The van der Waals surface area contributed by atoms with Gasteiger partial charge in [-0.25, -0.2) is 8.78 Å². The Morgan fingerprint density at radius 3 is 2.24 bits per heavy atom. The SMILES string of the molecule is CC(C)(C)n1cnnc1-c1c(F)cccc1F. The first kappa shape index (κ1) is 11.7. The molecule has 0 bridgehead atoms. The molecule has 0 amide bonds. The van der Waals surface area contributed by atoms with Crippen LogP contribution in [0.4, 0.5) is 8.78 Å². The predicted octanol–water partition coefficient (Wildman–Crippen LogP) is 2.98. The molecule has 0 saturated carbocycles. The quantitative estimate of drug-likeness (QED) is 0.763. The van der Waals surface area contributed by atoms with Crippen molar-refractivity contribution >= 4 is 0 Å². The number of halogens is 2. The summed E-state index contributed by atoms with van der Waals surface area (Å²) in [6.07, 6.45) is 1.47. The van der Waals surface area contributed by atoms with Gasteiger partial charge in [0, 0.05) is 5.54 Å². The van der Waals surface area contributed by atoms with E-state index in [-0.39, 0.29) is 16.9 Å². The maximum absolute atomic E-state index is 13.7. The molecular formula is C12H13F2N3. The fourth-order valence-corrected chi connectivity index (χ4v) is 1.61. The lowest BCUT2D eigenvalue weighted by molar-refractivity contribution is 0.398. The number of aromatic nitrogens is 3. The zero-order valence-electron chi connectivity index (χ0n) is 9.91. The minimum atomic E-state index is -0.636. The van der Waals surface area contributed by atoms with Gasteiger partial charge in [-0.05, 0) is 32.9 Å². The van der Waals surface area contributed by atoms with Crippen LogP contribution in [-0.4, -0.2) is 14.8 Å². The van der Waals surface area contributed by atoms with Crippen LogP contribution in [0.25, 0.3) is 11.4 Å². The lowest BCUT2D eigenvalue weighted by Crippen LogP contribution is -2.22. The molecule has 1 aromatic carbocycles. The zero-order valence-corrected chi connectivity index (χ0v) is 9.91. The number of hydrogen-bond acceptors (Lipinski definition) is 2. The summed E-state index contributed by atoms with van der Waals surface area (Å²) in [5, 5.41) is 7.53. The molecule has 3 nitrogen and oxygen atoms in total. The highest BCUT2D eigenvalue weighted by molar-refractivity contribution is 5.57. The molecule has 0 saturated heterocycles. The molecule has 2 aromatic rings. The zero-order chi connectivity index (χ0) is 12.6. The van der Waals surface area contributed by atoms with Gasteiger partial charge >= 0.3 is 0 Å². The first-order chi connectivity index (χ1) is 7.91. The third kappa shape index (κ3) is 2.05. The third-order valence-corrected chi connectivity index (χ3v) is 2.46. The molecule has 0 radical (unpaired) electrons. The second kappa shape index (κ2) is 3.91. The highest BCUT2D eigenvalue weighted by Gasteiger charge is 2.23. The summed E-state index contributed by atoms with van der Waals surface area (Å²) < 4.78 is 29.0. The Morgan fingerprint density at radius 2 is 1.71 bits per heavy atom. The lowest BCUT2D eigenvalue weighted by atomic mass is 10.1. The van der Waals surface area contributed by atoms with E-state index in [4.69, 9.17) is 0 Å². The van der Waals surface area contributed by atoms with Crippen LogP contribution < -0.4 is 0 Å². The van der Waals surface area contributed by atoms with Crippen molar-refractivity contribution in [3.63, 3.8) is 0 Å². The molecule has 0 fully saturated rings. The second-order valence-corrected chi connectivity index (χ2v) is 4.79. The highest BCUT2D eigenvalue weighted by atomic mass is 19.1. The number of nitrogens with zero attached hydrogens (tertiary/aromatic N) is 3. The van der Waals surface area contributed by atoms with Gasteiger partial charge in [0.15, 0.2) is 5.82 Å². The molecule has 0 unspecified atom stereocenters. The molecule has 1 aromatic heterocycles. The Hall–Kier alpha value is -1.78. The van der Waals surface area contributed by atoms with E-state index in [9.17, 15) is 8.78 Å².